The van der Waals surface area contributed by atoms with E-state index in [9.17, 15) is 0 Å². The van der Waals surface area contributed by atoms with Crippen LogP contribution in [0.1, 0.15) is 12.0 Å². The standard InChI is InChI=1S/C23H21N9O2/c1-15-9-16(3-4-19(15)34-17-5-7-32-20(10-17)26-13-28-32)29-22-21-18(25-12-27-22)11-24-23(30-21)31-6-2-8-33-14-31/h3-5,7,9-13H,2,6,8,14H2,1H3,(H,25,27,29). The zero-order valence-corrected chi connectivity index (χ0v) is 18.4. The molecule has 0 amide bonds. The third kappa shape index (κ3) is 3.92. The van der Waals surface area contributed by atoms with Crippen molar-refractivity contribution >= 4 is 34.1 Å². The number of anilines is 3. The highest BCUT2D eigenvalue weighted by Crippen LogP contribution is 2.30. The molecular formula is C23H21N9O2. The Bertz CT molecular complexity index is 1480. The summed E-state index contributed by atoms with van der Waals surface area (Å²) in [4.78, 5) is 24.1. The number of nitrogens with zero attached hydrogens (tertiary/aromatic N) is 8. The predicted octanol–water partition coefficient (Wildman–Crippen LogP) is 3.49. The topological polar surface area (TPSA) is 115 Å². The van der Waals surface area contributed by atoms with E-state index < -0.39 is 0 Å². The molecule has 11 heteroatoms. The first-order valence-electron chi connectivity index (χ1n) is 10.9. The predicted molar refractivity (Wildman–Crippen MR) is 125 cm³/mol. The largest absolute Gasteiger partial charge is 0.457 e. The van der Waals surface area contributed by atoms with Gasteiger partial charge < -0.3 is 19.7 Å². The molecule has 1 N–H and O–H groups in total. The van der Waals surface area contributed by atoms with Gasteiger partial charge in [-0.15, -0.1) is 0 Å². The van der Waals surface area contributed by atoms with Crippen LogP contribution in [0, 0.1) is 6.92 Å². The molecule has 0 radical (unpaired) electrons. The van der Waals surface area contributed by atoms with E-state index in [0.717, 1.165) is 42.2 Å². The number of rotatable bonds is 5. The van der Waals surface area contributed by atoms with E-state index >= 15 is 0 Å². The fourth-order valence-corrected chi connectivity index (χ4v) is 3.81. The summed E-state index contributed by atoms with van der Waals surface area (Å²) >= 11 is 0. The molecule has 170 valence electrons. The second-order valence-electron chi connectivity index (χ2n) is 7.91. The van der Waals surface area contributed by atoms with Gasteiger partial charge in [-0.25, -0.2) is 29.4 Å². The van der Waals surface area contributed by atoms with Crippen LogP contribution in [-0.2, 0) is 4.74 Å². The number of hydrogen-bond acceptors (Lipinski definition) is 10. The first-order chi connectivity index (χ1) is 16.7. The van der Waals surface area contributed by atoms with Crippen LogP contribution in [0.25, 0.3) is 16.7 Å². The van der Waals surface area contributed by atoms with Gasteiger partial charge in [-0.1, -0.05) is 0 Å². The van der Waals surface area contributed by atoms with Crippen LogP contribution >= 0.6 is 0 Å². The van der Waals surface area contributed by atoms with Crippen molar-refractivity contribution in [2.45, 2.75) is 13.3 Å². The Hall–Kier alpha value is -4.38. The fourth-order valence-electron chi connectivity index (χ4n) is 3.81. The van der Waals surface area contributed by atoms with Crippen molar-refractivity contribution in [1.82, 2.24) is 34.5 Å². The highest BCUT2D eigenvalue weighted by atomic mass is 16.5. The quantitative estimate of drug-likeness (QED) is 0.422. The molecule has 34 heavy (non-hydrogen) atoms. The van der Waals surface area contributed by atoms with Crippen molar-refractivity contribution in [2.24, 2.45) is 0 Å². The number of ether oxygens (including phenoxy) is 2. The van der Waals surface area contributed by atoms with Crippen LogP contribution in [0.15, 0.2) is 55.4 Å². The first-order valence-corrected chi connectivity index (χ1v) is 10.9. The van der Waals surface area contributed by atoms with Gasteiger partial charge >= 0.3 is 0 Å². The van der Waals surface area contributed by atoms with E-state index in [1.165, 1.54) is 12.7 Å². The molecule has 11 nitrogen and oxygen atoms in total. The lowest BCUT2D eigenvalue weighted by Gasteiger charge is -2.26. The van der Waals surface area contributed by atoms with Gasteiger partial charge in [0, 0.05) is 24.5 Å². The van der Waals surface area contributed by atoms with Gasteiger partial charge in [-0.2, -0.15) is 5.10 Å². The molecule has 1 aromatic carbocycles. The van der Waals surface area contributed by atoms with Gasteiger partial charge in [-0.05, 0) is 43.2 Å². The number of pyridine rings is 1. The summed E-state index contributed by atoms with van der Waals surface area (Å²) in [6.45, 7) is 4.08. The zero-order chi connectivity index (χ0) is 22.9. The molecule has 1 aliphatic heterocycles. The van der Waals surface area contributed by atoms with E-state index in [0.29, 0.717) is 35.3 Å². The molecule has 1 aliphatic rings. The molecule has 1 saturated heterocycles. The van der Waals surface area contributed by atoms with Crippen LogP contribution in [0.3, 0.4) is 0 Å². The number of aryl methyl sites for hydroxylation is 1. The van der Waals surface area contributed by atoms with Crippen LogP contribution in [0.5, 0.6) is 11.5 Å². The van der Waals surface area contributed by atoms with Gasteiger partial charge in [0.05, 0.1) is 12.8 Å². The minimum Gasteiger partial charge on any atom is -0.457 e. The Morgan fingerprint density at radius 2 is 2.03 bits per heavy atom. The first kappa shape index (κ1) is 20.2. The molecule has 0 bridgehead atoms. The maximum atomic E-state index is 6.07. The number of benzene rings is 1. The lowest BCUT2D eigenvalue weighted by molar-refractivity contribution is 0.106. The molecule has 0 saturated carbocycles. The van der Waals surface area contributed by atoms with Crippen molar-refractivity contribution in [3.05, 3.63) is 60.9 Å². The maximum Gasteiger partial charge on any atom is 0.227 e. The molecule has 4 aromatic heterocycles. The second kappa shape index (κ2) is 8.52. The molecule has 0 spiro atoms. The van der Waals surface area contributed by atoms with E-state index in [1.54, 1.807) is 10.7 Å². The number of hydrogen-bond donors (Lipinski definition) is 1. The summed E-state index contributed by atoms with van der Waals surface area (Å²) in [7, 11) is 0. The molecular weight excluding hydrogens is 434 g/mol. The van der Waals surface area contributed by atoms with Crippen LogP contribution in [-0.4, -0.2) is 54.4 Å². The monoisotopic (exact) mass is 455 g/mol. The molecule has 5 heterocycles. The second-order valence-corrected chi connectivity index (χ2v) is 7.91. The molecule has 6 rings (SSSR count). The van der Waals surface area contributed by atoms with Crippen LogP contribution < -0.4 is 15.0 Å². The molecule has 5 aromatic rings. The van der Waals surface area contributed by atoms with Gasteiger partial charge in [0.25, 0.3) is 0 Å². The van der Waals surface area contributed by atoms with Gasteiger partial charge in [0.1, 0.15) is 41.9 Å². The fraction of sp³-hybridized carbons (Fsp3) is 0.217. The number of fused-ring (bicyclic) bond motifs is 2. The smallest absolute Gasteiger partial charge is 0.227 e. The zero-order valence-electron chi connectivity index (χ0n) is 18.4. The highest BCUT2D eigenvalue weighted by molar-refractivity contribution is 5.87. The average molecular weight is 455 g/mol. The van der Waals surface area contributed by atoms with Gasteiger partial charge in [0.15, 0.2) is 11.5 Å². The van der Waals surface area contributed by atoms with Crippen molar-refractivity contribution in [1.29, 1.82) is 0 Å². The number of aromatic nitrogens is 7. The van der Waals surface area contributed by atoms with Crippen molar-refractivity contribution in [3.63, 3.8) is 0 Å². The molecule has 0 aliphatic carbocycles. The third-order valence-corrected chi connectivity index (χ3v) is 5.53. The normalized spacial score (nSPS) is 14.0. The van der Waals surface area contributed by atoms with E-state index in [-0.39, 0.29) is 0 Å². The van der Waals surface area contributed by atoms with E-state index in [2.05, 4.69) is 30.4 Å². The average Bonchev–Trinajstić information content (AvgIpc) is 3.34. The molecule has 1 fully saturated rings. The van der Waals surface area contributed by atoms with Crippen molar-refractivity contribution < 1.29 is 9.47 Å². The summed E-state index contributed by atoms with van der Waals surface area (Å²) < 4.78 is 13.3. The SMILES string of the molecule is Cc1cc(Nc2ncnc3cnc(N4CCCOC4)nc23)ccc1Oc1ccn2ncnc2c1. The Kier molecular flexibility index (Phi) is 5.07. The summed E-state index contributed by atoms with van der Waals surface area (Å²) in [5.74, 6) is 2.65. The lowest BCUT2D eigenvalue weighted by Crippen LogP contribution is -2.34. The van der Waals surface area contributed by atoms with Gasteiger partial charge in [0.2, 0.25) is 5.95 Å². The van der Waals surface area contributed by atoms with E-state index in [1.807, 2.05) is 48.4 Å². The molecule has 0 atom stereocenters. The van der Waals surface area contributed by atoms with E-state index in [4.69, 9.17) is 14.5 Å². The molecule has 0 unspecified atom stereocenters. The summed E-state index contributed by atoms with van der Waals surface area (Å²) in [6.07, 6.45) is 7.49. The maximum absolute atomic E-state index is 6.07. The highest BCUT2D eigenvalue weighted by Gasteiger charge is 2.16. The van der Waals surface area contributed by atoms with Crippen molar-refractivity contribution in [3.8, 4) is 11.5 Å². The van der Waals surface area contributed by atoms with Gasteiger partial charge in [-0.3, -0.25) is 0 Å². The van der Waals surface area contributed by atoms with Crippen molar-refractivity contribution in [2.75, 3.05) is 30.1 Å². The minimum absolute atomic E-state index is 0.479. The van der Waals surface area contributed by atoms with Crippen LogP contribution in [0.4, 0.5) is 17.5 Å². The number of nitrogens with one attached hydrogen (secondary N) is 1. The minimum atomic E-state index is 0.479. The summed E-state index contributed by atoms with van der Waals surface area (Å²) in [5.41, 5.74) is 3.86. The Balaban J connectivity index is 1.25. The Labute approximate surface area is 194 Å². The summed E-state index contributed by atoms with van der Waals surface area (Å²) in [6, 6.07) is 9.55. The summed E-state index contributed by atoms with van der Waals surface area (Å²) in [5, 5.41) is 7.46. The third-order valence-electron chi connectivity index (χ3n) is 5.53. The Morgan fingerprint density at radius 3 is 2.91 bits per heavy atom. The Morgan fingerprint density at radius 1 is 1.06 bits per heavy atom. The van der Waals surface area contributed by atoms with Crippen LogP contribution in [0.2, 0.25) is 0 Å². The lowest BCUT2D eigenvalue weighted by atomic mass is 10.2.